The van der Waals surface area contributed by atoms with Gasteiger partial charge in [-0.3, -0.25) is 4.79 Å². The molecule has 1 aliphatic heterocycles. The summed E-state index contributed by atoms with van der Waals surface area (Å²) in [5, 5.41) is 0. The molecule has 0 radical (unpaired) electrons. The van der Waals surface area contributed by atoms with Gasteiger partial charge in [0.2, 0.25) is 5.91 Å². The van der Waals surface area contributed by atoms with E-state index in [9.17, 15) is 4.79 Å². The molecule has 6 heteroatoms. The van der Waals surface area contributed by atoms with Gasteiger partial charge in [0.25, 0.3) is 0 Å². The minimum atomic E-state index is -0.276. The lowest BCUT2D eigenvalue weighted by molar-refractivity contribution is -0.129. The Bertz CT molecular complexity index is 1130. The summed E-state index contributed by atoms with van der Waals surface area (Å²) in [5.74, 6) is 3.08. The average molecular weight is 462 g/mol. The van der Waals surface area contributed by atoms with E-state index in [4.69, 9.17) is 18.6 Å². The van der Waals surface area contributed by atoms with Crippen LogP contribution in [0.3, 0.4) is 0 Å². The molecule has 178 valence electrons. The number of amides is 1. The van der Waals surface area contributed by atoms with E-state index < -0.39 is 0 Å². The zero-order valence-corrected chi connectivity index (χ0v) is 20.1. The zero-order chi connectivity index (χ0) is 24.1. The van der Waals surface area contributed by atoms with Crippen molar-refractivity contribution in [2.24, 2.45) is 0 Å². The standard InChI is InChI=1S/C28H31NO5/c1-19(2)20-7-9-23(10-8-20)34-18-25-24-17-27(32-4)26(31-3)16-21(24)13-14-29(25)28(30)12-11-22-6-5-15-33-22/h5-12,15-17,19,25H,13-14,18H2,1-4H3/b12-11+/t25-/m1/s1. The second kappa shape index (κ2) is 10.5. The monoisotopic (exact) mass is 461 g/mol. The van der Waals surface area contributed by atoms with E-state index >= 15 is 0 Å². The maximum Gasteiger partial charge on any atom is 0.247 e. The van der Waals surface area contributed by atoms with Crippen LogP contribution in [-0.2, 0) is 11.2 Å². The van der Waals surface area contributed by atoms with Crippen LogP contribution in [0.4, 0.5) is 0 Å². The van der Waals surface area contributed by atoms with Gasteiger partial charge in [-0.15, -0.1) is 0 Å². The topological polar surface area (TPSA) is 61.1 Å². The molecular formula is C28H31NO5. The van der Waals surface area contributed by atoms with Gasteiger partial charge in [0.05, 0.1) is 26.5 Å². The fourth-order valence-electron chi connectivity index (χ4n) is 4.23. The molecule has 1 aromatic heterocycles. The summed E-state index contributed by atoms with van der Waals surface area (Å²) in [5.41, 5.74) is 3.38. The summed E-state index contributed by atoms with van der Waals surface area (Å²) in [6, 6.07) is 15.4. The van der Waals surface area contributed by atoms with Crippen LogP contribution in [0.15, 0.2) is 65.3 Å². The SMILES string of the molecule is COc1cc2c(cc1OC)[C@@H](COc1ccc(C(C)C)cc1)N(C(=O)/C=C/c1ccco1)CC2. The van der Waals surface area contributed by atoms with Crippen molar-refractivity contribution in [1.29, 1.82) is 0 Å². The number of methoxy groups -OCH3 is 2. The zero-order valence-electron chi connectivity index (χ0n) is 20.1. The van der Waals surface area contributed by atoms with E-state index in [1.54, 1.807) is 38.7 Å². The molecule has 0 fully saturated rings. The van der Waals surface area contributed by atoms with Crippen molar-refractivity contribution >= 4 is 12.0 Å². The summed E-state index contributed by atoms with van der Waals surface area (Å²) < 4.78 is 22.6. The summed E-state index contributed by atoms with van der Waals surface area (Å²) in [7, 11) is 3.24. The number of rotatable bonds is 8. The number of benzene rings is 2. The van der Waals surface area contributed by atoms with E-state index in [-0.39, 0.29) is 11.9 Å². The molecule has 2 heterocycles. The summed E-state index contributed by atoms with van der Waals surface area (Å²) in [4.78, 5) is 15.1. The lowest BCUT2D eigenvalue weighted by Gasteiger charge is -2.37. The van der Waals surface area contributed by atoms with Crippen LogP contribution in [0.5, 0.6) is 17.2 Å². The van der Waals surface area contributed by atoms with Crippen LogP contribution in [0, 0.1) is 0 Å². The van der Waals surface area contributed by atoms with Crippen molar-refractivity contribution in [2.45, 2.75) is 32.2 Å². The highest BCUT2D eigenvalue weighted by Gasteiger charge is 2.32. The molecule has 1 aliphatic rings. The predicted octanol–water partition coefficient (Wildman–Crippen LogP) is 5.64. The first-order valence-electron chi connectivity index (χ1n) is 11.5. The number of carbonyl (C=O) groups excluding carboxylic acids is 1. The molecule has 2 aromatic carbocycles. The van der Waals surface area contributed by atoms with Gasteiger partial charge >= 0.3 is 0 Å². The minimum Gasteiger partial charge on any atom is -0.493 e. The van der Waals surface area contributed by atoms with Crippen LogP contribution in [-0.4, -0.2) is 38.2 Å². The van der Waals surface area contributed by atoms with Crippen molar-refractivity contribution < 1.29 is 23.4 Å². The third kappa shape index (κ3) is 5.11. The summed E-state index contributed by atoms with van der Waals surface area (Å²) in [6.45, 7) is 5.22. The van der Waals surface area contributed by atoms with Crippen LogP contribution < -0.4 is 14.2 Å². The molecule has 0 bridgehead atoms. The second-order valence-electron chi connectivity index (χ2n) is 8.59. The lowest BCUT2D eigenvalue weighted by Crippen LogP contribution is -2.41. The summed E-state index contributed by atoms with van der Waals surface area (Å²) in [6.07, 6.45) is 5.54. The molecule has 1 amide bonds. The first-order valence-corrected chi connectivity index (χ1v) is 11.5. The maximum absolute atomic E-state index is 13.2. The molecule has 1 atom stereocenters. The third-order valence-electron chi connectivity index (χ3n) is 6.17. The maximum atomic E-state index is 13.2. The molecule has 0 unspecified atom stereocenters. The number of carbonyl (C=O) groups is 1. The van der Waals surface area contributed by atoms with Crippen molar-refractivity contribution in [3.05, 3.63) is 83.3 Å². The molecule has 0 spiro atoms. The molecule has 0 saturated carbocycles. The van der Waals surface area contributed by atoms with Crippen LogP contribution in [0.2, 0.25) is 0 Å². The Morgan fingerprint density at radius 3 is 2.50 bits per heavy atom. The molecule has 0 saturated heterocycles. The smallest absolute Gasteiger partial charge is 0.247 e. The van der Waals surface area contributed by atoms with Crippen molar-refractivity contribution in [2.75, 3.05) is 27.4 Å². The molecule has 6 nitrogen and oxygen atoms in total. The first-order chi connectivity index (χ1) is 16.5. The van der Waals surface area contributed by atoms with Gasteiger partial charge in [-0.1, -0.05) is 26.0 Å². The number of ether oxygens (including phenoxy) is 3. The van der Waals surface area contributed by atoms with E-state index in [1.165, 1.54) is 5.56 Å². The van der Waals surface area contributed by atoms with Gasteiger partial charge in [0, 0.05) is 12.6 Å². The Hall–Kier alpha value is -3.67. The van der Waals surface area contributed by atoms with Crippen molar-refractivity contribution in [1.82, 2.24) is 4.90 Å². The number of nitrogens with zero attached hydrogens (tertiary/aromatic N) is 1. The fraction of sp³-hybridized carbons (Fsp3) is 0.321. The molecule has 34 heavy (non-hydrogen) atoms. The highest BCUT2D eigenvalue weighted by molar-refractivity contribution is 5.92. The van der Waals surface area contributed by atoms with E-state index in [0.717, 1.165) is 23.3 Å². The third-order valence-corrected chi connectivity index (χ3v) is 6.17. The Kier molecular flexibility index (Phi) is 7.26. The normalized spacial score (nSPS) is 15.4. The number of furan rings is 1. The van der Waals surface area contributed by atoms with Gasteiger partial charge in [-0.05, 0) is 71.5 Å². The van der Waals surface area contributed by atoms with E-state index in [1.807, 2.05) is 35.2 Å². The van der Waals surface area contributed by atoms with E-state index in [0.29, 0.717) is 36.3 Å². The Morgan fingerprint density at radius 1 is 1.12 bits per heavy atom. The number of fused-ring (bicyclic) bond motifs is 1. The Balaban J connectivity index is 1.62. The van der Waals surface area contributed by atoms with Crippen molar-refractivity contribution in [3.8, 4) is 17.2 Å². The first kappa shape index (κ1) is 23.5. The second-order valence-corrected chi connectivity index (χ2v) is 8.59. The molecule has 3 aromatic rings. The van der Waals surface area contributed by atoms with E-state index in [2.05, 4.69) is 26.0 Å². The number of hydrogen-bond acceptors (Lipinski definition) is 5. The van der Waals surface area contributed by atoms with Gasteiger partial charge in [-0.25, -0.2) is 0 Å². The van der Waals surface area contributed by atoms with Crippen LogP contribution in [0.25, 0.3) is 6.08 Å². The Labute approximate surface area is 200 Å². The van der Waals surface area contributed by atoms with Gasteiger partial charge in [0.15, 0.2) is 11.5 Å². The quantitative estimate of drug-likeness (QED) is 0.407. The Morgan fingerprint density at radius 2 is 1.85 bits per heavy atom. The fourth-order valence-corrected chi connectivity index (χ4v) is 4.23. The molecular weight excluding hydrogens is 430 g/mol. The van der Waals surface area contributed by atoms with Crippen molar-refractivity contribution in [3.63, 3.8) is 0 Å². The summed E-state index contributed by atoms with van der Waals surface area (Å²) >= 11 is 0. The molecule has 4 rings (SSSR count). The largest absolute Gasteiger partial charge is 0.493 e. The van der Waals surface area contributed by atoms with Gasteiger partial charge in [-0.2, -0.15) is 0 Å². The highest BCUT2D eigenvalue weighted by Crippen LogP contribution is 2.38. The van der Waals surface area contributed by atoms with Crippen LogP contribution in [0.1, 0.15) is 48.3 Å². The van der Waals surface area contributed by atoms with Gasteiger partial charge in [0.1, 0.15) is 18.1 Å². The van der Waals surface area contributed by atoms with Gasteiger partial charge < -0.3 is 23.5 Å². The molecule has 0 aliphatic carbocycles. The predicted molar refractivity (Wildman–Crippen MR) is 131 cm³/mol. The highest BCUT2D eigenvalue weighted by atomic mass is 16.5. The van der Waals surface area contributed by atoms with Crippen LogP contribution >= 0.6 is 0 Å². The minimum absolute atomic E-state index is 0.0967. The average Bonchev–Trinajstić information content (AvgIpc) is 3.38. The molecule has 0 N–H and O–H groups in total. The number of hydrogen-bond donors (Lipinski definition) is 0. The lowest BCUT2D eigenvalue weighted by atomic mass is 9.92.